The molecule has 0 spiro atoms. The molecule has 0 rings (SSSR count). The van der Waals surface area contributed by atoms with E-state index in [0.717, 1.165) is 14.2 Å². The number of hydrogen-bond donors (Lipinski definition) is 1. The van der Waals surface area contributed by atoms with Gasteiger partial charge >= 0.3 is 17.9 Å². The Balaban J connectivity index is -0.000000390. The molecule has 0 heterocycles. The van der Waals surface area contributed by atoms with E-state index in [4.69, 9.17) is 17.6 Å². The molecule has 13 heteroatoms. The first-order valence-electron chi connectivity index (χ1n) is 8.83. The molecule has 0 aromatic rings. The lowest BCUT2D eigenvalue weighted by atomic mass is 10.1. The number of nitriles is 1. The van der Waals surface area contributed by atoms with Crippen LogP contribution in [0.2, 0.25) is 0 Å². The number of nitrogens with two attached hydrogens (primary N) is 1. The molecule has 0 aromatic carbocycles. The molecule has 0 saturated heterocycles. The van der Waals surface area contributed by atoms with Crippen molar-refractivity contribution in [2.75, 3.05) is 27.3 Å². The summed E-state index contributed by atoms with van der Waals surface area (Å²) < 4.78 is 82.1. The minimum absolute atomic E-state index is 0.0375. The molecule has 0 bridgehead atoms. The second-order valence-corrected chi connectivity index (χ2v) is 6.01. The third-order valence-electron chi connectivity index (χ3n) is 3.04. The molecule has 0 radical (unpaired) electrons. The molecular weight excluding hydrogens is 436 g/mol. The maximum absolute atomic E-state index is 12.7. The first-order valence-corrected chi connectivity index (χ1v) is 8.83. The number of alkyl halides is 6. The topological polar surface area (TPSA) is 107 Å². The van der Waals surface area contributed by atoms with E-state index in [9.17, 15) is 35.9 Å². The Labute approximate surface area is 177 Å². The fourth-order valence-electron chi connectivity index (χ4n) is 1.62. The lowest BCUT2D eigenvalue weighted by Gasteiger charge is -2.12. The second-order valence-electron chi connectivity index (χ2n) is 6.01. The van der Waals surface area contributed by atoms with Gasteiger partial charge in [0.25, 0.3) is 12.5 Å². The van der Waals surface area contributed by atoms with Gasteiger partial charge in [-0.15, -0.1) is 0 Å². The molecule has 0 amide bonds. The van der Waals surface area contributed by atoms with Gasteiger partial charge in [-0.2, -0.15) is 14.0 Å². The third-order valence-corrected chi connectivity index (χ3v) is 3.04. The van der Waals surface area contributed by atoms with Gasteiger partial charge in [0.05, 0.1) is 20.3 Å². The van der Waals surface area contributed by atoms with Crippen LogP contribution in [0.25, 0.3) is 4.85 Å². The van der Waals surface area contributed by atoms with Crippen LogP contribution in [0, 0.1) is 17.9 Å². The van der Waals surface area contributed by atoms with E-state index >= 15 is 0 Å². The van der Waals surface area contributed by atoms with Crippen molar-refractivity contribution in [2.45, 2.75) is 63.2 Å². The van der Waals surface area contributed by atoms with Crippen LogP contribution in [-0.2, 0) is 19.1 Å². The predicted octanol–water partition coefficient (Wildman–Crippen LogP) is 3.97. The number of halogens is 6. The maximum Gasteiger partial charge on any atom is 0.331 e. The average Bonchev–Trinajstić information content (AvgIpc) is 2.61. The largest absolute Gasteiger partial charge is 0.469 e. The normalized spacial score (nSPS) is 10.8. The van der Waals surface area contributed by atoms with Crippen LogP contribution in [0.5, 0.6) is 0 Å². The van der Waals surface area contributed by atoms with E-state index < -0.39 is 55.5 Å². The third kappa shape index (κ3) is 23.6. The molecule has 0 fully saturated rings. The van der Waals surface area contributed by atoms with Crippen molar-refractivity contribution in [1.29, 1.82) is 5.26 Å². The summed E-state index contributed by atoms with van der Waals surface area (Å²) in [7, 11) is 1.99. The number of hydrogen-bond acceptors (Lipinski definition) is 6. The Morgan fingerprint density at radius 2 is 1.42 bits per heavy atom. The maximum atomic E-state index is 12.7. The summed E-state index contributed by atoms with van der Waals surface area (Å²) in [4.78, 5) is 23.4. The summed E-state index contributed by atoms with van der Waals surface area (Å²) in [5.74, 6) is -11.2. The average molecular weight is 463 g/mol. The Morgan fingerprint density at radius 1 is 0.968 bits per heavy atom. The molecule has 31 heavy (non-hydrogen) atoms. The summed E-state index contributed by atoms with van der Waals surface area (Å²) in [6, 6.07) is 1.30. The molecule has 0 unspecified atom stereocenters. The van der Waals surface area contributed by atoms with Gasteiger partial charge in [-0.1, -0.05) is 13.3 Å². The van der Waals surface area contributed by atoms with Crippen molar-refractivity contribution in [1.82, 2.24) is 0 Å². The highest BCUT2D eigenvalue weighted by molar-refractivity contribution is 5.74. The van der Waals surface area contributed by atoms with Gasteiger partial charge in [-0.25, -0.2) is 24.1 Å². The minimum Gasteiger partial charge on any atom is -0.469 e. The number of esters is 2. The summed E-state index contributed by atoms with van der Waals surface area (Å²) in [6.45, 7) is 7.00. The van der Waals surface area contributed by atoms with E-state index in [1.807, 2.05) is 0 Å². The van der Waals surface area contributed by atoms with Crippen molar-refractivity contribution in [3.63, 3.8) is 0 Å². The van der Waals surface area contributed by atoms with Crippen LogP contribution in [0.15, 0.2) is 0 Å². The fourth-order valence-corrected chi connectivity index (χ4v) is 1.62. The van der Waals surface area contributed by atoms with Gasteiger partial charge in [0.1, 0.15) is 19.3 Å². The van der Waals surface area contributed by atoms with E-state index in [0.29, 0.717) is 6.42 Å². The highest BCUT2D eigenvalue weighted by Gasteiger charge is 2.36. The monoisotopic (exact) mass is 463 g/mol. The molecule has 0 atom stereocenters. The second kappa shape index (κ2) is 17.2. The van der Waals surface area contributed by atoms with Gasteiger partial charge in [0, 0.05) is 12.8 Å². The van der Waals surface area contributed by atoms with Gasteiger partial charge < -0.3 is 20.1 Å². The summed E-state index contributed by atoms with van der Waals surface area (Å²) >= 11 is 0. The van der Waals surface area contributed by atoms with Crippen LogP contribution < -0.4 is 5.73 Å². The Morgan fingerprint density at radius 3 is 1.71 bits per heavy atom. The van der Waals surface area contributed by atoms with Crippen molar-refractivity contribution in [2.24, 2.45) is 5.73 Å². The zero-order valence-electron chi connectivity index (χ0n) is 17.5. The number of nitrogens with zero attached hydrogens (tertiary/aromatic N) is 2. The zero-order chi connectivity index (χ0) is 25.1. The summed E-state index contributed by atoms with van der Waals surface area (Å²) in [5.41, 5.74) is 4.96. The van der Waals surface area contributed by atoms with Gasteiger partial charge in [-0.05, 0) is 6.54 Å². The van der Waals surface area contributed by atoms with Gasteiger partial charge in [-0.3, -0.25) is 9.59 Å². The number of carbonyl (C=O) groups is 2. The molecule has 0 aliphatic rings. The van der Waals surface area contributed by atoms with Crippen LogP contribution in [-0.4, -0.2) is 57.0 Å². The van der Waals surface area contributed by atoms with Crippen LogP contribution in [0.1, 0.15) is 45.4 Å². The van der Waals surface area contributed by atoms with Crippen molar-refractivity contribution >= 4 is 11.9 Å². The molecular formula is C18H27F6N3O4. The number of ether oxygens (including phenoxy) is 2. The van der Waals surface area contributed by atoms with Crippen LogP contribution in [0.4, 0.5) is 26.3 Å². The van der Waals surface area contributed by atoms with Crippen LogP contribution in [0.3, 0.4) is 0 Å². The smallest absolute Gasteiger partial charge is 0.331 e. The molecule has 7 nitrogen and oxygen atoms in total. The standard InChI is InChI=1S/C7H10F2O4.C6H13F2N.C5H4F2N2/c1-12-5(10)3-7(8,9)4-6(11)13-2;1-2-3-6(7,8)4-5-9;1-9-4-5(6,7)2-3-8/h3-4H2,1-2H3;2-5,9H2,1H3;2,4H2. The zero-order valence-corrected chi connectivity index (χ0v) is 17.5. The van der Waals surface area contributed by atoms with Crippen LogP contribution >= 0.6 is 0 Å². The highest BCUT2D eigenvalue weighted by atomic mass is 19.3. The molecule has 0 aromatic heterocycles. The number of rotatable bonds is 10. The predicted molar refractivity (Wildman–Crippen MR) is 98.4 cm³/mol. The Hall–Kier alpha value is -2.54. The molecule has 180 valence electrons. The van der Waals surface area contributed by atoms with Gasteiger partial charge in [0.2, 0.25) is 5.92 Å². The summed E-state index contributed by atoms with van der Waals surface area (Å²) in [6.07, 6.45) is -2.79. The molecule has 0 aliphatic carbocycles. The molecule has 0 saturated carbocycles. The van der Waals surface area contributed by atoms with Crippen molar-refractivity contribution in [3.05, 3.63) is 11.4 Å². The van der Waals surface area contributed by atoms with Crippen molar-refractivity contribution < 1.29 is 45.4 Å². The van der Waals surface area contributed by atoms with Gasteiger partial charge in [0.15, 0.2) is 0 Å². The van der Waals surface area contributed by atoms with E-state index in [1.165, 1.54) is 6.07 Å². The first-order chi connectivity index (χ1) is 14.2. The van der Waals surface area contributed by atoms with E-state index in [1.54, 1.807) is 6.92 Å². The Bertz CT molecular complexity index is 558. The quantitative estimate of drug-likeness (QED) is 0.299. The van der Waals surface area contributed by atoms with E-state index in [2.05, 4.69) is 14.3 Å². The summed E-state index contributed by atoms with van der Waals surface area (Å²) in [5, 5.41) is 7.80. The minimum atomic E-state index is -3.40. The van der Waals surface area contributed by atoms with Crippen molar-refractivity contribution in [3.8, 4) is 6.07 Å². The Kier molecular flexibility index (Phi) is 18.3. The molecule has 0 aliphatic heterocycles. The lowest BCUT2D eigenvalue weighted by Crippen LogP contribution is -2.26. The highest BCUT2D eigenvalue weighted by Crippen LogP contribution is 2.24. The molecule has 2 N–H and O–H groups in total. The fraction of sp³-hybridized carbons (Fsp3) is 0.778. The van der Waals surface area contributed by atoms with E-state index in [-0.39, 0.29) is 19.4 Å². The SMILES string of the molecule is CCCC(F)(F)CCN.COC(=O)CC(F)(F)CC(=O)OC.[C-]#[N+]CC(F)(F)CC#N. The number of carbonyl (C=O) groups excluding carboxylic acids is 2. The number of methoxy groups -OCH3 is 2. The lowest BCUT2D eigenvalue weighted by molar-refractivity contribution is -0.156. The first kappa shape index (κ1) is 33.1.